The van der Waals surface area contributed by atoms with Crippen LogP contribution < -0.4 is 15.2 Å². The van der Waals surface area contributed by atoms with Gasteiger partial charge in [0.1, 0.15) is 17.2 Å². The van der Waals surface area contributed by atoms with E-state index < -0.39 is 34.5 Å². The van der Waals surface area contributed by atoms with E-state index in [0.29, 0.717) is 12.0 Å². The van der Waals surface area contributed by atoms with Crippen LogP contribution in [0.15, 0.2) is 77.7 Å². The maximum absolute atomic E-state index is 13.4. The molecule has 0 spiro atoms. The lowest BCUT2D eigenvalue weighted by molar-refractivity contribution is -0.274. The molecule has 0 fully saturated rings. The zero-order chi connectivity index (χ0) is 25.2. The molecule has 3 aromatic rings. The summed E-state index contributed by atoms with van der Waals surface area (Å²) < 4.78 is 79.2. The van der Waals surface area contributed by atoms with Crippen molar-refractivity contribution in [3.63, 3.8) is 0 Å². The smallest absolute Gasteiger partial charge is 0.457 e. The monoisotopic (exact) mass is 508 g/mol. The van der Waals surface area contributed by atoms with Gasteiger partial charge in [-0.25, -0.2) is 13.2 Å². The Balaban J connectivity index is 1.52. The zero-order valence-corrected chi connectivity index (χ0v) is 18.8. The molecule has 1 heterocycles. The maximum Gasteiger partial charge on any atom is 0.573 e. The Kier molecular flexibility index (Phi) is 6.59. The summed E-state index contributed by atoms with van der Waals surface area (Å²) in [4.78, 5) is 11.4. The lowest BCUT2D eigenvalue weighted by Crippen LogP contribution is -2.42. The number of fused-ring (bicyclic) bond motifs is 1. The molecule has 3 aromatic carbocycles. The molecule has 8 nitrogen and oxygen atoms in total. The van der Waals surface area contributed by atoms with Crippen LogP contribution in [0, 0.1) is 0 Å². The highest BCUT2D eigenvalue weighted by molar-refractivity contribution is 7.89. The maximum atomic E-state index is 13.4. The lowest BCUT2D eigenvalue weighted by Gasteiger charge is -2.35. The minimum Gasteiger partial charge on any atom is -0.457 e. The molecule has 0 aromatic heterocycles. The Labute approximate surface area is 198 Å². The third kappa shape index (κ3) is 5.66. The molecule has 0 saturated carbocycles. The summed E-state index contributed by atoms with van der Waals surface area (Å²) in [6.07, 6.45) is -6.71. The quantitative estimate of drug-likeness (QED) is 0.516. The second-order valence-corrected chi connectivity index (χ2v) is 9.34. The van der Waals surface area contributed by atoms with Crippen LogP contribution in [0.25, 0.3) is 0 Å². The van der Waals surface area contributed by atoms with Crippen molar-refractivity contribution in [1.82, 2.24) is 4.31 Å². The standard InChI is InChI=1S/C23H19F3N2O6S/c24-23(25,26)34-18-7-5-16(6-8-18)32-17-9-11-19(12-10-17)35(30,31)28-14-13-15-3-1-2-4-20(15)21(28)33-22(27)29/h1-12,21H,13-14H2,(H2,27,29)/t21-/m0/s1. The van der Waals surface area contributed by atoms with Gasteiger partial charge in [-0.2, -0.15) is 4.31 Å². The first-order chi connectivity index (χ1) is 16.5. The average molecular weight is 508 g/mol. The highest BCUT2D eigenvalue weighted by Crippen LogP contribution is 2.35. The number of hydrogen-bond donors (Lipinski definition) is 1. The van der Waals surface area contributed by atoms with E-state index in [0.717, 1.165) is 22.0 Å². The van der Waals surface area contributed by atoms with Gasteiger partial charge in [0.15, 0.2) is 6.23 Å². The summed E-state index contributed by atoms with van der Waals surface area (Å²) in [6.45, 7) is 0.0713. The van der Waals surface area contributed by atoms with E-state index in [9.17, 15) is 26.4 Å². The molecule has 0 bridgehead atoms. The van der Waals surface area contributed by atoms with Crippen molar-refractivity contribution in [2.24, 2.45) is 5.73 Å². The number of amides is 1. The average Bonchev–Trinajstić information content (AvgIpc) is 2.79. The van der Waals surface area contributed by atoms with E-state index in [1.807, 2.05) is 6.07 Å². The van der Waals surface area contributed by atoms with Crippen molar-refractivity contribution in [3.8, 4) is 17.2 Å². The molecule has 0 aliphatic carbocycles. The van der Waals surface area contributed by atoms with E-state index in [2.05, 4.69) is 4.74 Å². The van der Waals surface area contributed by atoms with Gasteiger partial charge in [0, 0.05) is 12.1 Å². The highest BCUT2D eigenvalue weighted by Gasteiger charge is 2.38. The molecular weight excluding hydrogens is 489 g/mol. The van der Waals surface area contributed by atoms with Gasteiger partial charge in [-0.1, -0.05) is 24.3 Å². The fraction of sp³-hybridized carbons (Fsp3) is 0.174. The Bertz CT molecular complexity index is 1310. The van der Waals surface area contributed by atoms with Crippen molar-refractivity contribution in [3.05, 3.63) is 83.9 Å². The number of sulfonamides is 1. The molecule has 0 radical (unpaired) electrons. The second kappa shape index (κ2) is 9.47. The first-order valence-corrected chi connectivity index (χ1v) is 11.7. The summed E-state index contributed by atoms with van der Waals surface area (Å²) in [7, 11) is -4.09. The Morgan fingerprint density at radius 1 is 0.914 bits per heavy atom. The molecule has 184 valence electrons. The largest absolute Gasteiger partial charge is 0.573 e. The minimum atomic E-state index is -4.80. The second-order valence-electron chi connectivity index (χ2n) is 7.45. The van der Waals surface area contributed by atoms with E-state index in [1.54, 1.807) is 18.2 Å². The third-order valence-electron chi connectivity index (χ3n) is 5.14. The van der Waals surface area contributed by atoms with Crippen molar-refractivity contribution in [1.29, 1.82) is 0 Å². The van der Waals surface area contributed by atoms with Gasteiger partial charge in [0.2, 0.25) is 10.0 Å². The van der Waals surface area contributed by atoms with Gasteiger partial charge >= 0.3 is 12.5 Å². The summed E-state index contributed by atoms with van der Waals surface area (Å²) >= 11 is 0. The van der Waals surface area contributed by atoms with E-state index in [1.165, 1.54) is 36.4 Å². The van der Waals surface area contributed by atoms with Crippen molar-refractivity contribution < 1.29 is 40.6 Å². The van der Waals surface area contributed by atoms with Crippen LogP contribution in [-0.2, 0) is 21.2 Å². The molecular formula is C23H19F3N2O6S. The summed E-state index contributed by atoms with van der Waals surface area (Å²) in [5, 5.41) is 0. The van der Waals surface area contributed by atoms with E-state index >= 15 is 0 Å². The van der Waals surface area contributed by atoms with Crippen LogP contribution in [0.4, 0.5) is 18.0 Å². The number of benzene rings is 3. The molecule has 0 saturated heterocycles. The molecule has 1 aliphatic heterocycles. The number of carbonyl (C=O) groups excluding carboxylic acids is 1. The number of rotatable bonds is 6. The zero-order valence-electron chi connectivity index (χ0n) is 17.9. The summed E-state index contributed by atoms with van der Waals surface area (Å²) in [6, 6.07) is 17.2. The fourth-order valence-corrected chi connectivity index (χ4v) is 5.14. The van der Waals surface area contributed by atoms with Crippen LogP contribution >= 0.6 is 0 Å². The van der Waals surface area contributed by atoms with Gasteiger partial charge in [-0.05, 0) is 60.5 Å². The topological polar surface area (TPSA) is 108 Å². The van der Waals surface area contributed by atoms with Crippen molar-refractivity contribution >= 4 is 16.1 Å². The first-order valence-electron chi connectivity index (χ1n) is 10.2. The normalized spacial score (nSPS) is 16.3. The van der Waals surface area contributed by atoms with Crippen molar-refractivity contribution in [2.45, 2.75) is 23.9 Å². The highest BCUT2D eigenvalue weighted by atomic mass is 32.2. The number of hydrogen-bond acceptors (Lipinski definition) is 6. The Morgan fingerprint density at radius 2 is 1.49 bits per heavy atom. The number of nitrogens with two attached hydrogens (primary N) is 1. The van der Waals surface area contributed by atoms with Crippen molar-refractivity contribution in [2.75, 3.05) is 6.54 Å². The number of carbonyl (C=O) groups is 1. The number of nitrogens with zero attached hydrogens (tertiary/aromatic N) is 1. The lowest BCUT2D eigenvalue weighted by atomic mass is 10.00. The summed E-state index contributed by atoms with van der Waals surface area (Å²) in [5.41, 5.74) is 6.57. The Hall–Kier alpha value is -3.77. The van der Waals surface area contributed by atoms with E-state index in [4.69, 9.17) is 15.2 Å². The summed E-state index contributed by atoms with van der Waals surface area (Å²) in [5.74, 6) is 0.0715. The van der Waals surface area contributed by atoms with Crippen LogP contribution in [0.1, 0.15) is 17.4 Å². The van der Waals surface area contributed by atoms with Crippen LogP contribution in [0.3, 0.4) is 0 Å². The van der Waals surface area contributed by atoms with Gasteiger partial charge in [0.05, 0.1) is 4.90 Å². The van der Waals surface area contributed by atoms with Gasteiger partial charge in [-0.3, -0.25) is 0 Å². The molecule has 0 unspecified atom stereocenters. The minimum absolute atomic E-state index is 0.0713. The predicted molar refractivity (Wildman–Crippen MR) is 117 cm³/mol. The molecule has 1 atom stereocenters. The van der Waals surface area contributed by atoms with Crippen LogP contribution in [-0.4, -0.2) is 31.7 Å². The molecule has 35 heavy (non-hydrogen) atoms. The third-order valence-corrected chi connectivity index (χ3v) is 6.99. The number of ether oxygens (including phenoxy) is 3. The first kappa shape index (κ1) is 24.4. The van der Waals surface area contributed by atoms with Gasteiger partial charge < -0.3 is 19.9 Å². The SMILES string of the molecule is NC(=O)O[C@H]1c2ccccc2CCN1S(=O)(=O)c1ccc(Oc2ccc(OC(F)(F)F)cc2)cc1. The van der Waals surface area contributed by atoms with Gasteiger partial charge in [-0.15, -0.1) is 13.2 Å². The van der Waals surface area contributed by atoms with Gasteiger partial charge in [0.25, 0.3) is 0 Å². The van der Waals surface area contributed by atoms with Crippen LogP contribution in [0.5, 0.6) is 17.2 Å². The molecule has 12 heteroatoms. The number of alkyl halides is 3. The number of halogens is 3. The molecule has 4 rings (SSSR count). The van der Waals surface area contributed by atoms with Crippen LogP contribution in [0.2, 0.25) is 0 Å². The predicted octanol–water partition coefficient (Wildman–Crippen LogP) is 4.72. The fourth-order valence-electron chi connectivity index (χ4n) is 3.64. The Morgan fingerprint density at radius 3 is 2.09 bits per heavy atom. The number of primary amides is 1. The van der Waals surface area contributed by atoms with E-state index in [-0.39, 0.29) is 22.9 Å². The molecule has 2 N–H and O–H groups in total. The molecule has 1 amide bonds. The molecule has 1 aliphatic rings.